The van der Waals surface area contributed by atoms with Gasteiger partial charge >= 0.3 is 0 Å². The Kier molecular flexibility index (Phi) is 4.31. The lowest BCUT2D eigenvalue weighted by molar-refractivity contribution is 0.578. The maximum Gasteiger partial charge on any atom is 0.270 e. The van der Waals surface area contributed by atoms with Crippen molar-refractivity contribution in [2.75, 3.05) is 0 Å². The van der Waals surface area contributed by atoms with Crippen molar-refractivity contribution in [2.24, 2.45) is 0 Å². The number of nitrogens with zero attached hydrogens (tertiary/aromatic N) is 2. The molecule has 0 unspecified atom stereocenters. The van der Waals surface area contributed by atoms with Gasteiger partial charge in [0.15, 0.2) is 10.9 Å². The lowest BCUT2D eigenvalue weighted by Gasteiger charge is -2.05. The van der Waals surface area contributed by atoms with Gasteiger partial charge < -0.3 is 9.40 Å². The van der Waals surface area contributed by atoms with Crippen LogP contribution in [0, 0.1) is 18.3 Å². The van der Waals surface area contributed by atoms with Crippen LogP contribution in [0.15, 0.2) is 57.0 Å². The van der Waals surface area contributed by atoms with E-state index in [1.54, 1.807) is 12.1 Å². The summed E-state index contributed by atoms with van der Waals surface area (Å²) >= 11 is 1.41. The number of nitriles is 1. The van der Waals surface area contributed by atoms with Crippen LogP contribution in [0.2, 0.25) is 0 Å². The van der Waals surface area contributed by atoms with Gasteiger partial charge in [-0.05, 0) is 24.6 Å². The second-order valence-electron chi connectivity index (χ2n) is 4.96. The SMILES string of the molecule is Cc1ccc(CSc2nc(-c3ccco3)c(C#N)c(=O)[nH]2)cc1. The van der Waals surface area contributed by atoms with E-state index in [9.17, 15) is 4.79 Å². The summed E-state index contributed by atoms with van der Waals surface area (Å²) in [6.07, 6.45) is 1.48. The van der Waals surface area contributed by atoms with E-state index >= 15 is 0 Å². The molecule has 0 aliphatic rings. The van der Waals surface area contributed by atoms with Gasteiger partial charge in [0.25, 0.3) is 5.56 Å². The molecule has 0 aliphatic carbocycles. The van der Waals surface area contributed by atoms with E-state index in [2.05, 4.69) is 9.97 Å². The predicted octanol–water partition coefficient (Wildman–Crippen LogP) is 3.50. The quantitative estimate of drug-likeness (QED) is 0.587. The fourth-order valence-electron chi connectivity index (χ4n) is 2.05. The molecule has 3 rings (SSSR count). The van der Waals surface area contributed by atoms with Crippen LogP contribution in [0.5, 0.6) is 0 Å². The van der Waals surface area contributed by atoms with E-state index in [1.165, 1.54) is 23.6 Å². The molecule has 0 radical (unpaired) electrons. The zero-order valence-corrected chi connectivity index (χ0v) is 13.2. The topological polar surface area (TPSA) is 82.7 Å². The highest BCUT2D eigenvalue weighted by Crippen LogP contribution is 2.24. The Morgan fingerprint density at radius 2 is 2.09 bits per heavy atom. The molecule has 0 aliphatic heterocycles. The molecule has 0 amide bonds. The molecule has 114 valence electrons. The predicted molar refractivity (Wildman–Crippen MR) is 88.0 cm³/mol. The summed E-state index contributed by atoms with van der Waals surface area (Å²) in [4.78, 5) is 19.1. The largest absolute Gasteiger partial charge is 0.463 e. The van der Waals surface area contributed by atoms with Crippen molar-refractivity contribution in [3.05, 3.63) is 69.7 Å². The number of furan rings is 1. The molecule has 0 saturated carbocycles. The number of benzene rings is 1. The van der Waals surface area contributed by atoms with E-state index in [0.717, 1.165) is 5.56 Å². The Labute approximate surface area is 137 Å². The summed E-state index contributed by atoms with van der Waals surface area (Å²) in [5.41, 5.74) is 2.10. The first-order valence-electron chi connectivity index (χ1n) is 6.94. The number of rotatable bonds is 4. The van der Waals surface area contributed by atoms with Gasteiger partial charge in [-0.2, -0.15) is 5.26 Å². The van der Waals surface area contributed by atoms with Crippen molar-refractivity contribution in [2.45, 2.75) is 17.8 Å². The number of hydrogen-bond acceptors (Lipinski definition) is 5. The van der Waals surface area contributed by atoms with Gasteiger partial charge in [0.05, 0.1) is 6.26 Å². The molecule has 0 fully saturated rings. The van der Waals surface area contributed by atoms with Crippen molar-refractivity contribution in [1.29, 1.82) is 5.26 Å². The van der Waals surface area contributed by atoms with E-state index in [-0.39, 0.29) is 11.3 Å². The molecule has 0 bridgehead atoms. The molecule has 1 N–H and O–H groups in total. The first-order valence-corrected chi connectivity index (χ1v) is 7.92. The van der Waals surface area contributed by atoms with Gasteiger partial charge in [-0.15, -0.1) is 0 Å². The molecule has 2 aromatic heterocycles. The first-order chi connectivity index (χ1) is 11.2. The smallest absolute Gasteiger partial charge is 0.270 e. The summed E-state index contributed by atoms with van der Waals surface area (Å²) in [6.45, 7) is 2.03. The third-order valence-corrected chi connectivity index (χ3v) is 4.20. The van der Waals surface area contributed by atoms with Gasteiger partial charge in [0.2, 0.25) is 0 Å². The molecule has 1 aromatic carbocycles. The van der Waals surface area contributed by atoms with Crippen LogP contribution < -0.4 is 5.56 Å². The van der Waals surface area contributed by atoms with Gasteiger partial charge in [-0.1, -0.05) is 41.6 Å². The van der Waals surface area contributed by atoms with E-state index < -0.39 is 5.56 Å². The number of nitrogens with one attached hydrogen (secondary N) is 1. The summed E-state index contributed by atoms with van der Waals surface area (Å²) in [5, 5.41) is 9.62. The monoisotopic (exact) mass is 323 g/mol. The second-order valence-corrected chi connectivity index (χ2v) is 5.92. The summed E-state index contributed by atoms with van der Waals surface area (Å²) in [7, 11) is 0. The van der Waals surface area contributed by atoms with Crippen LogP contribution in [0.3, 0.4) is 0 Å². The summed E-state index contributed by atoms with van der Waals surface area (Å²) < 4.78 is 5.27. The minimum atomic E-state index is -0.458. The van der Waals surface area contributed by atoms with Gasteiger partial charge in [-0.3, -0.25) is 4.79 Å². The minimum Gasteiger partial charge on any atom is -0.463 e. The molecule has 6 heteroatoms. The van der Waals surface area contributed by atoms with Gasteiger partial charge in [0.1, 0.15) is 17.3 Å². The van der Waals surface area contributed by atoms with Gasteiger partial charge in [0, 0.05) is 5.75 Å². The average Bonchev–Trinajstić information content (AvgIpc) is 3.08. The highest BCUT2D eigenvalue weighted by molar-refractivity contribution is 7.98. The highest BCUT2D eigenvalue weighted by atomic mass is 32.2. The van der Waals surface area contributed by atoms with Crippen molar-refractivity contribution in [3.8, 4) is 17.5 Å². The minimum absolute atomic E-state index is 0.0420. The number of aryl methyl sites for hydroxylation is 1. The van der Waals surface area contributed by atoms with Crippen LogP contribution >= 0.6 is 11.8 Å². The summed E-state index contributed by atoms with van der Waals surface area (Å²) in [5.74, 6) is 1.08. The van der Waals surface area contributed by atoms with Crippen molar-refractivity contribution in [3.63, 3.8) is 0 Å². The Morgan fingerprint density at radius 1 is 1.30 bits per heavy atom. The molecule has 2 heterocycles. The molecular formula is C17H13N3O2S. The van der Waals surface area contributed by atoms with E-state index in [0.29, 0.717) is 16.7 Å². The molecular weight excluding hydrogens is 310 g/mol. The van der Waals surface area contributed by atoms with Crippen molar-refractivity contribution >= 4 is 11.8 Å². The molecule has 0 spiro atoms. The Bertz CT molecular complexity index is 907. The molecule has 5 nitrogen and oxygen atoms in total. The first kappa shape index (κ1) is 15.1. The van der Waals surface area contributed by atoms with Crippen LogP contribution in [0.1, 0.15) is 16.7 Å². The molecule has 23 heavy (non-hydrogen) atoms. The Hall–Kier alpha value is -2.78. The third-order valence-electron chi connectivity index (χ3n) is 3.26. The van der Waals surface area contributed by atoms with Crippen molar-refractivity contribution < 1.29 is 4.42 Å². The average molecular weight is 323 g/mol. The number of aromatic nitrogens is 2. The molecule has 0 atom stereocenters. The number of aromatic amines is 1. The number of hydrogen-bond donors (Lipinski definition) is 1. The molecule has 3 aromatic rings. The standard InChI is InChI=1S/C17H13N3O2S/c1-11-4-6-12(7-5-11)10-23-17-19-15(14-3-2-8-22-14)13(9-18)16(21)20-17/h2-8H,10H2,1H3,(H,19,20,21). The maximum absolute atomic E-state index is 12.1. The lowest BCUT2D eigenvalue weighted by Crippen LogP contribution is -2.14. The molecule has 0 saturated heterocycles. The van der Waals surface area contributed by atoms with E-state index in [1.807, 2.05) is 37.3 Å². The zero-order chi connectivity index (χ0) is 16.2. The van der Waals surface area contributed by atoms with Crippen LogP contribution in [0.4, 0.5) is 0 Å². The Balaban J connectivity index is 1.90. The number of H-pyrrole nitrogens is 1. The maximum atomic E-state index is 12.1. The fourth-order valence-corrected chi connectivity index (χ4v) is 2.87. The van der Waals surface area contributed by atoms with Crippen molar-refractivity contribution in [1.82, 2.24) is 9.97 Å². The number of thioether (sulfide) groups is 1. The van der Waals surface area contributed by atoms with Crippen LogP contribution in [0.25, 0.3) is 11.5 Å². The zero-order valence-electron chi connectivity index (χ0n) is 12.4. The second kappa shape index (κ2) is 6.55. The third kappa shape index (κ3) is 3.35. The normalized spacial score (nSPS) is 10.4. The fraction of sp³-hybridized carbons (Fsp3) is 0.118. The van der Waals surface area contributed by atoms with E-state index in [4.69, 9.17) is 9.68 Å². The summed E-state index contributed by atoms with van der Waals surface area (Å²) in [6, 6.07) is 13.4. The van der Waals surface area contributed by atoms with Crippen LogP contribution in [-0.2, 0) is 5.75 Å². The highest BCUT2D eigenvalue weighted by Gasteiger charge is 2.15. The van der Waals surface area contributed by atoms with Crippen LogP contribution in [-0.4, -0.2) is 9.97 Å². The lowest BCUT2D eigenvalue weighted by atomic mass is 10.2. The Morgan fingerprint density at radius 3 is 2.74 bits per heavy atom. The van der Waals surface area contributed by atoms with Gasteiger partial charge in [-0.25, -0.2) is 4.98 Å².